The van der Waals surface area contributed by atoms with Gasteiger partial charge in [0.2, 0.25) is 5.78 Å². The average molecular weight is 265 g/mol. The summed E-state index contributed by atoms with van der Waals surface area (Å²) in [5.74, 6) is 0.534. The standard InChI is InChI=1S/C14H13ClO3/c1-8-6-9(2)13(11(7-8)17-3)14(16)10-4-5-12(15)18-10/h4-7H,1-3H3. The van der Waals surface area contributed by atoms with E-state index in [9.17, 15) is 4.79 Å². The summed E-state index contributed by atoms with van der Waals surface area (Å²) in [4.78, 5) is 12.3. The Balaban J connectivity index is 2.54. The molecule has 0 atom stereocenters. The van der Waals surface area contributed by atoms with Crippen molar-refractivity contribution in [3.05, 3.63) is 51.9 Å². The zero-order valence-corrected chi connectivity index (χ0v) is 11.2. The molecule has 0 aliphatic carbocycles. The predicted octanol–water partition coefficient (Wildman–Crippen LogP) is 3.79. The lowest BCUT2D eigenvalue weighted by molar-refractivity contribution is 0.101. The number of hydrogen-bond donors (Lipinski definition) is 0. The van der Waals surface area contributed by atoms with Crippen LogP contribution in [0.3, 0.4) is 0 Å². The molecule has 1 heterocycles. The zero-order chi connectivity index (χ0) is 13.3. The lowest BCUT2D eigenvalue weighted by atomic mass is 9.99. The normalized spacial score (nSPS) is 10.4. The van der Waals surface area contributed by atoms with E-state index in [2.05, 4.69) is 0 Å². The fraction of sp³-hybridized carbons (Fsp3) is 0.214. The minimum atomic E-state index is -0.226. The van der Waals surface area contributed by atoms with Gasteiger partial charge in [0.1, 0.15) is 5.75 Å². The summed E-state index contributed by atoms with van der Waals surface area (Å²) in [6.07, 6.45) is 0. The van der Waals surface area contributed by atoms with Gasteiger partial charge in [0.25, 0.3) is 0 Å². The van der Waals surface area contributed by atoms with Crippen molar-refractivity contribution in [1.82, 2.24) is 0 Å². The van der Waals surface area contributed by atoms with E-state index in [4.69, 9.17) is 20.8 Å². The zero-order valence-electron chi connectivity index (χ0n) is 10.4. The quantitative estimate of drug-likeness (QED) is 0.792. The number of hydrogen-bond acceptors (Lipinski definition) is 3. The Morgan fingerprint density at radius 2 is 2.00 bits per heavy atom. The van der Waals surface area contributed by atoms with Crippen molar-refractivity contribution in [2.45, 2.75) is 13.8 Å². The van der Waals surface area contributed by atoms with Crippen molar-refractivity contribution >= 4 is 17.4 Å². The van der Waals surface area contributed by atoms with E-state index in [1.54, 1.807) is 19.2 Å². The Kier molecular flexibility index (Phi) is 3.43. The van der Waals surface area contributed by atoms with E-state index in [0.717, 1.165) is 11.1 Å². The van der Waals surface area contributed by atoms with Gasteiger partial charge in [-0.2, -0.15) is 0 Å². The van der Waals surface area contributed by atoms with E-state index in [1.807, 2.05) is 26.0 Å². The van der Waals surface area contributed by atoms with Gasteiger partial charge < -0.3 is 9.15 Å². The minimum Gasteiger partial charge on any atom is -0.496 e. The SMILES string of the molecule is COc1cc(C)cc(C)c1C(=O)c1ccc(Cl)o1. The van der Waals surface area contributed by atoms with Crippen LogP contribution >= 0.6 is 11.6 Å². The minimum absolute atomic E-state index is 0.196. The molecular formula is C14H13ClO3. The van der Waals surface area contributed by atoms with Crippen molar-refractivity contribution < 1.29 is 13.9 Å². The first-order valence-electron chi connectivity index (χ1n) is 5.48. The largest absolute Gasteiger partial charge is 0.496 e. The molecule has 0 spiro atoms. The van der Waals surface area contributed by atoms with Crippen molar-refractivity contribution in [2.75, 3.05) is 7.11 Å². The van der Waals surface area contributed by atoms with Crippen LogP contribution in [0.1, 0.15) is 27.2 Å². The van der Waals surface area contributed by atoms with Gasteiger partial charge in [-0.05, 0) is 54.8 Å². The van der Waals surface area contributed by atoms with Crippen LogP contribution in [0.5, 0.6) is 5.75 Å². The molecule has 0 aliphatic rings. The third kappa shape index (κ3) is 2.27. The van der Waals surface area contributed by atoms with E-state index >= 15 is 0 Å². The van der Waals surface area contributed by atoms with Crippen LogP contribution in [0.15, 0.2) is 28.7 Å². The predicted molar refractivity (Wildman–Crippen MR) is 69.6 cm³/mol. The van der Waals surface area contributed by atoms with Crippen LogP contribution in [0.4, 0.5) is 0 Å². The molecule has 2 aromatic rings. The van der Waals surface area contributed by atoms with Crippen LogP contribution in [-0.4, -0.2) is 12.9 Å². The number of ketones is 1. The highest BCUT2D eigenvalue weighted by Crippen LogP contribution is 2.28. The van der Waals surface area contributed by atoms with Crippen LogP contribution in [-0.2, 0) is 0 Å². The van der Waals surface area contributed by atoms with Gasteiger partial charge in [0.05, 0.1) is 12.7 Å². The number of rotatable bonds is 3. The van der Waals surface area contributed by atoms with Crippen molar-refractivity contribution in [3.8, 4) is 5.75 Å². The molecule has 1 aromatic heterocycles. The molecule has 0 radical (unpaired) electrons. The molecule has 0 bridgehead atoms. The number of carbonyl (C=O) groups excluding carboxylic acids is 1. The van der Waals surface area contributed by atoms with E-state index in [-0.39, 0.29) is 16.8 Å². The summed E-state index contributed by atoms with van der Waals surface area (Å²) in [7, 11) is 1.54. The van der Waals surface area contributed by atoms with Gasteiger partial charge in [-0.25, -0.2) is 0 Å². The third-order valence-electron chi connectivity index (χ3n) is 2.69. The Morgan fingerprint density at radius 1 is 1.28 bits per heavy atom. The summed E-state index contributed by atoms with van der Waals surface area (Å²) in [6, 6.07) is 6.86. The molecule has 0 fully saturated rings. The van der Waals surface area contributed by atoms with Gasteiger partial charge in [-0.1, -0.05) is 6.07 Å². The molecule has 3 nitrogen and oxygen atoms in total. The van der Waals surface area contributed by atoms with E-state index < -0.39 is 0 Å². The Morgan fingerprint density at radius 3 is 2.56 bits per heavy atom. The maximum Gasteiger partial charge on any atom is 0.232 e. The Hall–Kier alpha value is -1.74. The first-order valence-corrected chi connectivity index (χ1v) is 5.86. The number of methoxy groups -OCH3 is 1. The van der Waals surface area contributed by atoms with Crippen LogP contribution < -0.4 is 4.74 Å². The second kappa shape index (κ2) is 4.86. The van der Waals surface area contributed by atoms with Gasteiger partial charge in [0.15, 0.2) is 11.0 Å². The van der Waals surface area contributed by atoms with Crippen LogP contribution in [0.2, 0.25) is 5.22 Å². The maximum atomic E-state index is 12.3. The number of furan rings is 1. The summed E-state index contributed by atoms with van der Waals surface area (Å²) in [6.45, 7) is 3.82. The molecule has 1 aromatic carbocycles. The number of halogens is 1. The smallest absolute Gasteiger partial charge is 0.232 e. The van der Waals surface area contributed by atoms with Crippen molar-refractivity contribution in [1.29, 1.82) is 0 Å². The second-order valence-corrected chi connectivity index (χ2v) is 4.46. The molecule has 18 heavy (non-hydrogen) atoms. The third-order valence-corrected chi connectivity index (χ3v) is 2.89. The van der Waals surface area contributed by atoms with E-state index in [0.29, 0.717) is 11.3 Å². The fourth-order valence-electron chi connectivity index (χ4n) is 1.94. The van der Waals surface area contributed by atoms with Gasteiger partial charge in [0, 0.05) is 0 Å². The van der Waals surface area contributed by atoms with Crippen molar-refractivity contribution in [2.24, 2.45) is 0 Å². The summed E-state index contributed by atoms with van der Waals surface area (Å²) in [5, 5.41) is 0.196. The van der Waals surface area contributed by atoms with Gasteiger partial charge >= 0.3 is 0 Å². The number of benzene rings is 1. The Labute approximate surface area is 110 Å². The topological polar surface area (TPSA) is 39.4 Å². The van der Waals surface area contributed by atoms with Gasteiger partial charge in [-0.15, -0.1) is 0 Å². The molecule has 0 aliphatic heterocycles. The highest BCUT2D eigenvalue weighted by Gasteiger charge is 2.20. The van der Waals surface area contributed by atoms with Crippen LogP contribution in [0, 0.1) is 13.8 Å². The maximum absolute atomic E-state index is 12.3. The molecule has 0 unspecified atom stereocenters. The average Bonchev–Trinajstić information content (AvgIpc) is 2.74. The van der Waals surface area contributed by atoms with E-state index in [1.165, 1.54) is 0 Å². The lowest BCUT2D eigenvalue weighted by Gasteiger charge is -2.10. The summed E-state index contributed by atoms with van der Waals surface area (Å²) in [5.41, 5.74) is 2.40. The fourth-order valence-corrected chi connectivity index (χ4v) is 2.09. The first-order chi connectivity index (χ1) is 8.52. The van der Waals surface area contributed by atoms with Crippen LogP contribution in [0.25, 0.3) is 0 Å². The first kappa shape index (κ1) is 12.7. The molecule has 0 saturated heterocycles. The number of ether oxygens (including phenoxy) is 1. The second-order valence-electron chi connectivity index (χ2n) is 4.09. The molecule has 4 heteroatoms. The molecule has 0 saturated carbocycles. The molecule has 94 valence electrons. The summed E-state index contributed by atoms with van der Waals surface area (Å²) < 4.78 is 10.4. The molecule has 0 N–H and O–H groups in total. The summed E-state index contributed by atoms with van der Waals surface area (Å²) >= 11 is 5.68. The van der Waals surface area contributed by atoms with Crippen molar-refractivity contribution in [3.63, 3.8) is 0 Å². The molecule has 0 amide bonds. The van der Waals surface area contributed by atoms with Gasteiger partial charge in [-0.3, -0.25) is 4.79 Å². The Bertz CT molecular complexity index is 599. The number of aryl methyl sites for hydroxylation is 2. The molecular weight excluding hydrogens is 252 g/mol. The lowest BCUT2D eigenvalue weighted by Crippen LogP contribution is -2.06. The number of carbonyl (C=O) groups is 1. The highest BCUT2D eigenvalue weighted by atomic mass is 35.5. The molecule has 2 rings (SSSR count). The highest BCUT2D eigenvalue weighted by molar-refractivity contribution is 6.29. The monoisotopic (exact) mass is 264 g/mol.